The molecule has 5 aromatic carbocycles. The van der Waals surface area contributed by atoms with E-state index in [1.54, 1.807) is 30.3 Å². The van der Waals surface area contributed by atoms with Crippen molar-refractivity contribution in [3.63, 3.8) is 0 Å². The third-order valence-electron chi connectivity index (χ3n) is 5.97. The highest BCUT2D eigenvalue weighted by atomic mass is 16.4. The van der Waals surface area contributed by atoms with E-state index in [4.69, 9.17) is 4.42 Å². The summed E-state index contributed by atoms with van der Waals surface area (Å²) < 4.78 is 5.04. The molecular weight excluding hydrogens is 400 g/mol. The van der Waals surface area contributed by atoms with E-state index in [2.05, 4.69) is 0 Å². The number of benzene rings is 5. The Morgan fingerprint density at radius 1 is 0.548 bits per heavy atom. The minimum Gasteiger partial charge on any atom is -0.478 e. The zero-order valence-electron chi connectivity index (χ0n) is 15.6. The number of rotatable bonds is 2. The molecule has 2 aromatic heterocycles. The van der Waals surface area contributed by atoms with Crippen molar-refractivity contribution >= 4 is 65.8 Å². The van der Waals surface area contributed by atoms with Crippen LogP contribution in [0.1, 0.15) is 20.7 Å². The largest absolute Gasteiger partial charge is 0.478 e. The lowest BCUT2D eigenvalue weighted by Crippen LogP contribution is -2.15. The first kappa shape index (κ1) is 17.3. The van der Waals surface area contributed by atoms with Crippen molar-refractivity contribution < 1.29 is 24.2 Å². The van der Waals surface area contributed by atoms with Gasteiger partial charge in [0.15, 0.2) is 0 Å². The summed E-state index contributed by atoms with van der Waals surface area (Å²) in [6.45, 7) is 0. The van der Waals surface area contributed by atoms with Crippen LogP contribution in [-0.2, 0) is 0 Å². The van der Waals surface area contributed by atoms with Crippen LogP contribution in [0.25, 0.3) is 53.9 Å². The summed E-state index contributed by atoms with van der Waals surface area (Å²) >= 11 is 0. The highest BCUT2D eigenvalue weighted by Gasteiger charge is 2.29. The van der Waals surface area contributed by atoms with Crippen molar-refractivity contribution in [3.05, 3.63) is 80.5 Å². The standard InChI is InChI=1S/C24H10O7/c25-21(26)18-13-6-2-4-10-9-3-1-5-11-12-7-8-14(15(9)11)17(16(10)13)20(19(18)22(27)28)24(30)31-23(12)29/h1-8H,(H,25,26)(H,27,28). The lowest BCUT2D eigenvalue weighted by Gasteiger charge is -2.17. The number of carboxylic acids is 2. The summed E-state index contributed by atoms with van der Waals surface area (Å²) in [5.74, 6) is -3.08. The Labute approximate surface area is 171 Å². The Hall–Kier alpha value is -4.52. The van der Waals surface area contributed by atoms with Crippen LogP contribution in [0.15, 0.2) is 62.5 Å². The van der Waals surface area contributed by atoms with Crippen LogP contribution in [0.4, 0.5) is 0 Å². The first-order valence-electron chi connectivity index (χ1n) is 9.32. The summed E-state index contributed by atoms with van der Waals surface area (Å²) in [7, 11) is 0. The molecule has 4 bridgehead atoms. The normalized spacial score (nSPS) is 12.0. The maximum Gasteiger partial charge on any atom is 0.347 e. The van der Waals surface area contributed by atoms with Gasteiger partial charge in [-0.25, -0.2) is 19.2 Å². The van der Waals surface area contributed by atoms with Gasteiger partial charge in [-0.15, -0.1) is 0 Å². The molecule has 0 atom stereocenters. The number of fused-ring (bicyclic) bond motifs is 4. The van der Waals surface area contributed by atoms with Gasteiger partial charge in [0.2, 0.25) is 0 Å². The molecule has 0 saturated carbocycles. The van der Waals surface area contributed by atoms with Gasteiger partial charge in [-0.1, -0.05) is 42.5 Å². The van der Waals surface area contributed by atoms with Gasteiger partial charge in [0.05, 0.1) is 21.9 Å². The van der Waals surface area contributed by atoms with Crippen LogP contribution >= 0.6 is 0 Å². The SMILES string of the molecule is O=C(O)c1c(C(=O)O)c2c(=O)oc(=O)c3ccc4c5c3cccc5c3cccc1c3c24. The smallest absolute Gasteiger partial charge is 0.347 e. The lowest BCUT2D eigenvalue weighted by molar-refractivity contribution is 0.0655. The first-order valence-corrected chi connectivity index (χ1v) is 9.32. The predicted molar refractivity (Wildman–Crippen MR) is 115 cm³/mol. The monoisotopic (exact) mass is 410 g/mol. The van der Waals surface area contributed by atoms with E-state index in [0.29, 0.717) is 26.9 Å². The van der Waals surface area contributed by atoms with E-state index >= 15 is 0 Å². The summed E-state index contributed by atoms with van der Waals surface area (Å²) in [4.78, 5) is 50.3. The maximum atomic E-state index is 13.1. The average molecular weight is 410 g/mol. The van der Waals surface area contributed by atoms with E-state index in [9.17, 15) is 29.4 Å². The molecule has 0 unspecified atom stereocenters. The maximum absolute atomic E-state index is 13.1. The van der Waals surface area contributed by atoms with Crippen molar-refractivity contribution in [2.45, 2.75) is 0 Å². The quantitative estimate of drug-likeness (QED) is 0.326. The van der Waals surface area contributed by atoms with Crippen molar-refractivity contribution in [1.82, 2.24) is 0 Å². The van der Waals surface area contributed by atoms with Gasteiger partial charge in [-0.05, 0) is 43.8 Å². The highest BCUT2D eigenvalue weighted by molar-refractivity contribution is 6.40. The zero-order valence-corrected chi connectivity index (χ0v) is 15.6. The third kappa shape index (κ3) is 1.97. The fraction of sp³-hybridized carbons (Fsp3) is 0. The van der Waals surface area contributed by atoms with Gasteiger partial charge in [0, 0.05) is 5.39 Å². The molecule has 0 spiro atoms. The van der Waals surface area contributed by atoms with E-state index in [1.807, 2.05) is 6.07 Å². The van der Waals surface area contributed by atoms with E-state index < -0.39 is 39.7 Å². The minimum atomic E-state index is -1.59. The van der Waals surface area contributed by atoms with Crippen molar-refractivity contribution in [3.8, 4) is 0 Å². The molecule has 0 aliphatic carbocycles. The molecule has 0 fully saturated rings. The fourth-order valence-corrected chi connectivity index (χ4v) is 4.88. The van der Waals surface area contributed by atoms with Crippen LogP contribution in [0.3, 0.4) is 0 Å². The molecule has 7 heteroatoms. The molecule has 0 radical (unpaired) electrons. The number of carbonyl (C=O) groups is 2. The molecule has 7 nitrogen and oxygen atoms in total. The van der Waals surface area contributed by atoms with Crippen LogP contribution in [0.2, 0.25) is 0 Å². The second-order valence-corrected chi connectivity index (χ2v) is 7.40. The Bertz CT molecular complexity index is 1880. The predicted octanol–water partition coefficient (Wildman–Crippen LogP) is 4.04. The second-order valence-electron chi connectivity index (χ2n) is 7.40. The molecule has 31 heavy (non-hydrogen) atoms. The first-order chi connectivity index (χ1) is 14.9. The van der Waals surface area contributed by atoms with Crippen LogP contribution in [0.5, 0.6) is 0 Å². The fourth-order valence-electron chi connectivity index (χ4n) is 4.88. The Balaban J connectivity index is 2.24. The molecule has 7 rings (SSSR count). The summed E-state index contributed by atoms with van der Waals surface area (Å²) in [5.41, 5.74) is -3.32. The molecule has 0 aliphatic rings. The second kappa shape index (κ2) is 5.54. The van der Waals surface area contributed by atoms with E-state index in [-0.39, 0.29) is 16.2 Å². The van der Waals surface area contributed by atoms with E-state index in [0.717, 1.165) is 5.39 Å². The Kier molecular flexibility index (Phi) is 3.10. The molecule has 2 N–H and O–H groups in total. The highest BCUT2D eigenvalue weighted by Crippen LogP contribution is 2.44. The molecule has 7 aromatic rings. The summed E-state index contributed by atoms with van der Waals surface area (Å²) in [6, 6.07) is 13.5. The van der Waals surface area contributed by atoms with Gasteiger partial charge < -0.3 is 14.6 Å². The summed E-state index contributed by atoms with van der Waals surface area (Å²) in [5, 5.41) is 23.7. The average Bonchev–Trinajstić information content (AvgIpc) is 2.81. The number of hydrogen-bond acceptors (Lipinski definition) is 5. The molecule has 0 amide bonds. The molecular formula is C24H10O7. The van der Waals surface area contributed by atoms with Gasteiger partial charge in [-0.3, -0.25) is 0 Å². The van der Waals surface area contributed by atoms with Crippen LogP contribution < -0.4 is 11.3 Å². The van der Waals surface area contributed by atoms with Gasteiger partial charge in [0.1, 0.15) is 0 Å². The summed E-state index contributed by atoms with van der Waals surface area (Å²) in [6.07, 6.45) is 0. The molecule has 148 valence electrons. The van der Waals surface area contributed by atoms with Crippen molar-refractivity contribution in [1.29, 1.82) is 0 Å². The molecule has 0 saturated heterocycles. The zero-order chi connectivity index (χ0) is 21.6. The van der Waals surface area contributed by atoms with E-state index in [1.165, 1.54) is 12.1 Å². The number of carboxylic acid groups (broad SMARTS) is 2. The molecule has 0 aliphatic heterocycles. The van der Waals surface area contributed by atoms with Crippen LogP contribution in [-0.4, -0.2) is 22.2 Å². The van der Waals surface area contributed by atoms with Crippen molar-refractivity contribution in [2.24, 2.45) is 0 Å². The Morgan fingerprint density at radius 2 is 1.10 bits per heavy atom. The molecule has 2 heterocycles. The van der Waals surface area contributed by atoms with Gasteiger partial charge in [-0.2, -0.15) is 0 Å². The van der Waals surface area contributed by atoms with Crippen molar-refractivity contribution in [2.75, 3.05) is 0 Å². The number of hydrogen-bond donors (Lipinski definition) is 2. The lowest BCUT2D eigenvalue weighted by atomic mass is 9.84. The topological polar surface area (TPSA) is 122 Å². The number of aromatic carboxylic acids is 2. The van der Waals surface area contributed by atoms with Gasteiger partial charge in [0.25, 0.3) is 0 Å². The minimum absolute atomic E-state index is 0.174. The Morgan fingerprint density at radius 3 is 1.74 bits per heavy atom. The third-order valence-corrected chi connectivity index (χ3v) is 5.97. The van der Waals surface area contributed by atoms with Crippen LogP contribution in [0, 0.1) is 0 Å². The van der Waals surface area contributed by atoms with Gasteiger partial charge >= 0.3 is 23.2 Å².